The number of pyridine rings is 1. The number of hydrogen-bond acceptors (Lipinski definition) is 3. The van der Waals surface area contributed by atoms with Crippen LogP contribution in [0.1, 0.15) is 23.4 Å². The zero-order valence-corrected chi connectivity index (χ0v) is 9.52. The molecule has 0 aliphatic heterocycles. The highest BCUT2D eigenvalue weighted by molar-refractivity contribution is 6.31. The van der Waals surface area contributed by atoms with Gasteiger partial charge in [0.2, 0.25) is 0 Å². The van der Waals surface area contributed by atoms with Crippen LogP contribution < -0.4 is 0 Å². The number of carbonyl (C=O) groups is 1. The molecular formula is C10H10ClF2NO2. The molecule has 0 amide bonds. The molecule has 88 valence electrons. The van der Waals surface area contributed by atoms with Gasteiger partial charge in [-0.1, -0.05) is 11.6 Å². The van der Waals surface area contributed by atoms with E-state index >= 15 is 0 Å². The summed E-state index contributed by atoms with van der Waals surface area (Å²) in [5.74, 6) is -0.493. The number of rotatable bonds is 3. The highest BCUT2D eigenvalue weighted by Gasteiger charge is 2.18. The van der Waals surface area contributed by atoms with Crippen LogP contribution in [0.3, 0.4) is 0 Å². The molecule has 1 rings (SSSR count). The summed E-state index contributed by atoms with van der Waals surface area (Å²) in [6.45, 7) is 1.42. The summed E-state index contributed by atoms with van der Waals surface area (Å²) in [6.07, 6.45) is -2.76. The number of nitrogens with zero attached hydrogens (tertiary/aromatic N) is 1. The third-order valence-electron chi connectivity index (χ3n) is 2.02. The summed E-state index contributed by atoms with van der Waals surface area (Å²) in [7, 11) is 1.24. The third kappa shape index (κ3) is 2.88. The Morgan fingerprint density at radius 3 is 2.69 bits per heavy atom. The Morgan fingerprint density at radius 1 is 1.62 bits per heavy atom. The van der Waals surface area contributed by atoms with Crippen LogP contribution in [0.4, 0.5) is 8.78 Å². The van der Waals surface area contributed by atoms with Crippen LogP contribution in [0.5, 0.6) is 0 Å². The lowest BCUT2D eigenvalue weighted by molar-refractivity contribution is -0.139. The summed E-state index contributed by atoms with van der Waals surface area (Å²) in [6, 6.07) is 1.26. The first-order valence-electron chi connectivity index (χ1n) is 4.46. The number of alkyl halides is 2. The summed E-state index contributed by atoms with van der Waals surface area (Å²) in [5, 5.41) is -0.0820. The number of aromatic nitrogens is 1. The van der Waals surface area contributed by atoms with Crippen molar-refractivity contribution in [1.29, 1.82) is 0 Å². The molecule has 0 fully saturated rings. The maximum absolute atomic E-state index is 12.5. The smallest absolute Gasteiger partial charge is 0.311 e. The van der Waals surface area contributed by atoms with E-state index in [0.717, 1.165) is 0 Å². The van der Waals surface area contributed by atoms with Crippen molar-refractivity contribution in [1.82, 2.24) is 4.98 Å². The van der Waals surface area contributed by atoms with Gasteiger partial charge in [0, 0.05) is 5.69 Å². The monoisotopic (exact) mass is 249 g/mol. The van der Waals surface area contributed by atoms with Gasteiger partial charge in [0.15, 0.2) is 0 Å². The van der Waals surface area contributed by atoms with Crippen molar-refractivity contribution in [2.75, 3.05) is 7.11 Å². The van der Waals surface area contributed by atoms with Crippen molar-refractivity contribution < 1.29 is 18.3 Å². The normalized spacial score (nSPS) is 10.6. The van der Waals surface area contributed by atoms with E-state index < -0.39 is 12.4 Å². The fourth-order valence-electron chi connectivity index (χ4n) is 1.28. The number of ether oxygens (including phenoxy) is 1. The second-order valence-corrected chi connectivity index (χ2v) is 3.56. The van der Waals surface area contributed by atoms with Gasteiger partial charge in [-0.25, -0.2) is 8.78 Å². The molecule has 16 heavy (non-hydrogen) atoms. The van der Waals surface area contributed by atoms with Gasteiger partial charge in [0.1, 0.15) is 0 Å². The zero-order valence-electron chi connectivity index (χ0n) is 8.76. The maximum atomic E-state index is 12.5. The SMILES string of the molecule is COC(=O)Cc1cc(Cl)c(C(F)F)c(C)n1. The van der Waals surface area contributed by atoms with Crippen molar-refractivity contribution >= 4 is 17.6 Å². The second kappa shape index (κ2) is 5.21. The average molecular weight is 250 g/mol. The van der Waals surface area contributed by atoms with Crippen LogP contribution in [0.25, 0.3) is 0 Å². The molecule has 0 radical (unpaired) electrons. The number of methoxy groups -OCH3 is 1. The number of esters is 1. The Kier molecular flexibility index (Phi) is 4.18. The Hall–Kier alpha value is -1.23. The lowest BCUT2D eigenvalue weighted by Crippen LogP contribution is -2.08. The molecule has 0 spiro atoms. The van der Waals surface area contributed by atoms with Crippen LogP contribution in [0, 0.1) is 6.92 Å². The molecule has 0 aliphatic carbocycles. The lowest BCUT2D eigenvalue weighted by atomic mass is 10.1. The molecule has 0 N–H and O–H groups in total. The van der Waals surface area contributed by atoms with Gasteiger partial charge in [-0.05, 0) is 13.0 Å². The molecule has 0 aliphatic rings. The molecule has 0 unspecified atom stereocenters. The van der Waals surface area contributed by atoms with E-state index in [1.165, 1.54) is 20.1 Å². The van der Waals surface area contributed by atoms with Crippen molar-refractivity contribution in [2.45, 2.75) is 19.8 Å². The minimum Gasteiger partial charge on any atom is -0.469 e. The number of aryl methyl sites for hydroxylation is 1. The average Bonchev–Trinajstić information content (AvgIpc) is 2.15. The van der Waals surface area contributed by atoms with E-state index in [1.807, 2.05) is 0 Å². The fraction of sp³-hybridized carbons (Fsp3) is 0.400. The highest BCUT2D eigenvalue weighted by atomic mass is 35.5. The van der Waals surface area contributed by atoms with Crippen molar-refractivity contribution in [3.8, 4) is 0 Å². The molecule has 0 bridgehead atoms. The number of hydrogen-bond donors (Lipinski definition) is 0. The Bertz CT molecular complexity index is 387. The molecule has 0 saturated heterocycles. The quantitative estimate of drug-likeness (QED) is 0.773. The molecule has 1 aromatic heterocycles. The second-order valence-electron chi connectivity index (χ2n) is 3.15. The Morgan fingerprint density at radius 2 is 2.25 bits per heavy atom. The molecule has 6 heteroatoms. The van der Waals surface area contributed by atoms with Gasteiger partial charge >= 0.3 is 5.97 Å². The molecule has 0 aromatic carbocycles. The minimum absolute atomic E-state index is 0.0820. The first-order chi connectivity index (χ1) is 7.45. The van der Waals surface area contributed by atoms with Crippen LogP contribution in [-0.4, -0.2) is 18.1 Å². The highest BCUT2D eigenvalue weighted by Crippen LogP contribution is 2.29. The molecule has 0 saturated carbocycles. The van der Waals surface area contributed by atoms with E-state index in [4.69, 9.17) is 11.6 Å². The van der Waals surface area contributed by atoms with Crippen LogP contribution in [0.15, 0.2) is 6.07 Å². The minimum atomic E-state index is -2.67. The predicted octanol–water partition coefficient (Wildman–Crippen LogP) is 2.70. The number of halogens is 3. The fourth-order valence-corrected chi connectivity index (χ4v) is 1.62. The number of carbonyl (C=O) groups excluding carboxylic acids is 1. The van der Waals surface area contributed by atoms with Gasteiger partial charge in [-0.2, -0.15) is 0 Å². The lowest BCUT2D eigenvalue weighted by Gasteiger charge is -2.08. The largest absolute Gasteiger partial charge is 0.469 e. The van der Waals surface area contributed by atoms with Crippen molar-refractivity contribution in [2.24, 2.45) is 0 Å². The Labute approximate surface area is 96.4 Å². The third-order valence-corrected chi connectivity index (χ3v) is 2.34. The molecular weight excluding hydrogens is 240 g/mol. The molecule has 3 nitrogen and oxygen atoms in total. The summed E-state index contributed by atoms with van der Waals surface area (Å²) >= 11 is 5.68. The summed E-state index contributed by atoms with van der Waals surface area (Å²) in [4.78, 5) is 14.8. The standard InChI is InChI=1S/C10H10ClF2NO2/c1-5-9(10(12)13)7(11)3-6(14-5)4-8(15)16-2/h3,10H,4H2,1-2H3. The molecule has 0 atom stereocenters. The molecule has 1 aromatic rings. The topological polar surface area (TPSA) is 39.2 Å². The van der Waals surface area contributed by atoms with E-state index in [2.05, 4.69) is 9.72 Å². The van der Waals surface area contributed by atoms with E-state index in [0.29, 0.717) is 5.69 Å². The zero-order chi connectivity index (χ0) is 12.3. The van der Waals surface area contributed by atoms with Gasteiger partial charge in [-0.3, -0.25) is 9.78 Å². The first-order valence-corrected chi connectivity index (χ1v) is 4.84. The summed E-state index contributed by atoms with van der Waals surface area (Å²) < 4.78 is 29.5. The van der Waals surface area contributed by atoms with Crippen LogP contribution in [-0.2, 0) is 16.0 Å². The van der Waals surface area contributed by atoms with Crippen molar-refractivity contribution in [3.05, 3.63) is 28.0 Å². The van der Waals surface area contributed by atoms with E-state index in [-0.39, 0.29) is 22.7 Å². The van der Waals surface area contributed by atoms with Gasteiger partial charge in [-0.15, -0.1) is 0 Å². The molecule has 1 heterocycles. The van der Waals surface area contributed by atoms with Gasteiger partial charge in [0.05, 0.1) is 29.8 Å². The first kappa shape index (κ1) is 12.8. The Balaban J connectivity index is 3.05. The van der Waals surface area contributed by atoms with Gasteiger partial charge < -0.3 is 4.74 Å². The van der Waals surface area contributed by atoms with Crippen LogP contribution >= 0.6 is 11.6 Å². The van der Waals surface area contributed by atoms with E-state index in [1.54, 1.807) is 0 Å². The van der Waals surface area contributed by atoms with Gasteiger partial charge in [0.25, 0.3) is 6.43 Å². The van der Waals surface area contributed by atoms with Crippen LogP contribution in [0.2, 0.25) is 5.02 Å². The summed E-state index contributed by atoms with van der Waals surface area (Å²) in [5.41, 5.74) is 0.149. The van der Waals surface area contributed by atoms with E-state index in [9.17, 15) is 13.6 Å². The van der Waals surface area contributed by atoms with Crippen molar-refractivity contribution in [3.63, 3.8) is 0 Å². The predicted molar refractivity (Wildman–Crippen MR) is 54.7 cm³/mol. The maximum Gasteiger partial charge on any atom is 0.311 e.